The van der Waals surface area contributed by atoms with Gasteiger partial charge < -0.3 is 4.90 Å². The van der Waals surface area contributed by atoms with Crippen LogP contribution in [0.5, 0.6) is 0 Å². The van der Waals surface area contributed by atoms with Gasteiger partial charge in [-0.1, -0.05) is 39.0 Å². The molecule has 1 aliphatic rings. The molecule has 1 fully saturated rings. The van der Waals surface area contributed by atoms with Gasteiger partial charge in [-0.2, -0.15) is 0 Å². The van der Waals surface area contributed by atoms with Crippen molar-refractivity contribution in [3.8, 4) is 0 Å². The fourth-order valence-electron chi connectivity index (χ4n) is 3.14. The predicted molar refractivity (Wildman–Crippen MR) is 99.8 cm³/mol. The second kappa shape index (κ2) is 5.80. The molecule has 3 nitrogen and oxygen atoms in total. The molecule has 0 N–H and O–H groups in total. The lowest BCUT2D eigenvalue weighted by Gasteiger charge is -2.22. The molecule has 0 radical (unpaired) electrons. The lowest BCUT2D eigenvalue weighted by atomic mass is 9.84. The smallest absolute Gasteiger partial charge is 0.197 e. The minimum atomic E-state index is 0.106. The third-order valence-electron chi connectivity index (χ3n) is 4.39. The van der Waals surface area contributed by atoms with Crippen molar-refractivity contribution in [2.45, 2.75) is 32.6 Å². The maximum atomic E-state index is 11.5. The van der Waals surface area contributed by atoms with Crippen molar-refractivity contribution < 1.29 is 4.79 Å². The Bertz CT molecular complexity index is 721. The van der Waals surface area contributed by atoms with E-state index < -0.39 is 0 Å². The van der Waals surface area contributed by atoms with Crippen LogP contribution in [0, 0.1) is 5.92 Å². The molecular formula is C18H21IN2O. The highest BCUT2D eigenvalue weighted by Crippen LogP contribution is 2.32. The van der Waals surface area contributed by atoms with Crippen LogP contribution in [-0.4, -0.2) is 21.9 Å². The average Bonchev–Trinajstić information content (AvgIpc) is 2.95. The Morgan fingerprint density at radius 3 is 2.77 bits per heavy atom. The van der Waals surface area contributed by atoms with Gasteiger partial charge in [0.25, 0.3) is 0 Å². The lowest BCUT2D eigenvalue weighted by molar-refractivity contribution is -0.112. The number of carbonyl (C=O) groups is 1. The Labute approximate surface area is 145 Å². The Balaban J connectivity index is 1.96. The zero-order chi connectivity index (χ0) is 15.9. The number of hydrogen-bond acceptors (Lipinski definition) is 3. The Hall–Kier alpha value is -1.17. The molecule has 0 bridgehead atoms. The van der Waals surface area contributed by atoms with Gasteiger partial charge in [0.15, 0.2) is 3.79 Å². The number of benzene rings is 1. The van der Waals surface area contributed by atoms with Crippen molar-refractivity contribution in [3.63, 3.8) is 0 Å². The van der Waals surface area contributed by atoms with Crippen molar-refractivity contribution in [2.24, 2.45) is 5.92 Å². The zero-order valence-electron chi connectivity index (χ0n) is 13.3. The van der Waals surface area contributed by atoms with E-state index in [0.717, 1.165) is 25.3 Å². The van der Waals surface area contributed by atoms with Crippen LogP contribution in [0.2, 0.25) is 0 Å². The number of halogens is 1. The molecule has 0 spiro atoms. The summed E-state index contributed by atoms with van der Waals surface area (Å²) in [6.45, 7) is 8.39. The quantitative estimate of drug-likeness (QED) is 0.548. The molecule has 4 heteroatoms. The van der Waals surface area contributed by atoms with Crippen molar-refractivity contribution in [1.29, 1.82) is 0 Å². The first kappa shape index (κ1) is 15.7. The molecule has 2 heterocycles. The molecule has 1 aliphatic heterocycles. The SMILES string of the molecule is CC(C)(C)c1cccc2cc(N3CC[C@@H](C(=O)I)C3)ncc12. The number of hydrogen-bond donors (Lipinski definition) is 0. The molecule has 22 heavy (non-hydrogen) atoms. The van der Waals surface area contributed by atoms with E-state index in [1.54, 1.807) is 0 Å². The molecule has 1 saturated heterocycles. The van der Waals surface area contributed by atoms with Crippen LogP contribution < -0.4 is 4.90 Å². The van der Waals surface area contributed by atoms with E-state index in [9.17, 15) is 4.79 Å². The molecular weight excluding hydrogens is 387 g/mol. The molecule has 0 saturated carbocycles. The average molecular weight is 408 g/mol. The number of carbonyl (C=O) groups excluding carboxylic acids is 1. The van der Waals surface area contributed by atoms with Gasteiger partial charge in [0, 0.05) is 30.6 Å². The number of rotatable bonds is 2. The van der Waals surface area contributed by atoms with Crippen LogP contribution >= 0.6 is 22.6 Å². The van der Waals surface area contributed by atoms with Crippen LogP contribution in [0.4, 0.5) is 5.82 Å². The van der Waals surface area contributed by atoms with Crippen molar-refractivity contribution in [2.75, 3.05) is 18.0 Å². The Kier molecular flexibility index (Phi) is 4.14. The molecule has 2 aromatic rings. The van der Waals surface area contributed by atoms with E-state index in [1.165, 1.54) is 16.3 Å². The number of pyridine rings is 1. The maximum absolute atomic E-state index is 11.5. The standard InChI is InChI=1S/C18H21IN2O/c1-18(2,3)15-6-4-5-12-9-16(20-10-14(12)15)21-8-7-13(11-21)17(19)22/h4-6,9-10,13H,7-8,11H2,1-3H3/t13-/m1/s1. The molecule has 0 amide bonds. The largest absolute Gasteiger partial charge is 0.356 e. The van der Waals surface area contributed by atoms with Crippen molar-refractivity contribution in [3.05, 3.63) is 36.0 Å². The first-order valence-corrected chi connectivity index (χ1v) is 8.77. The van der Waals surface area contributed by atoms with Crippen LogP contribution in [0.15, 0.2) is 30.5 Å². The minimum absolute atomic E-state index is 0.106. The summed E-state index contributed by atoms with van der Waals surface area (Å²) in [5, 5.41) is 2.45. The van der Waals surface area contributed by atoms with Gasteiger partial charge in [-0.25, -0.2) is 4.98 Å². The van der Waals surface area contributed by atoms with Gasteiger partial charge >= 0.3 is 0 Å². The summed E-state index contributed by atoms with van der Waals surface area (Å²) < 4.78 is 0.260. The molecule has 3 rings (SSSR count). The normalized spacial score (nSPS) is 18.9. The highest BCUT2D eigenvalue weighted by molar-refractivity contribution is 14.1. The van der Waals surface area contributed by atoms with E-state index in [1.807, 2.05) is 28.8 Å². The minimum Gasteiger partial charge on any atom is -0.356 e. The summed E-state index contributed by atoms with van der Waals surface area (Å²) in [7, 11) is 0. The van der Waals surface area contributed by atoms with Crippen molar-refractivity contribution >= 4 is 43.0 Å². The number of aromatic nitrogens is 1. The van der Waals surface area contributed by atoms with E-state index in [-0.39, 0.29) is 15.1 Å². The second-order valence-electron chi connectivity index (χ2n) is 7.05. The predicted octanol–water partition coefficient (Wildman–Crippen LogP) is 4.32. The fourth-order valence-corrected chi connectivity index (χ4v) is 3.65. The molecule has 1 aromatic carbocycles. The number of nitrogens with zero attached hydrogens (tertiary/aromatic N) is 2. The zero-order valence-corrected chi connectivity index (χ0v) is 15.4. The van der Waals surface area contributed by atoms with Gasteiger partial charge in [0.1, 0.15) is 5.82 Å². The van der Waals surface area contributed by atoms with E-state index in [2.05, 4.69) is 54.9 Å². The van der Waals surface area contributed by atoms with Crippen LogP contribution in [-0.2, 0) is 10.2 Å². The summed E-state index contributed by atoms with van der Waals surface area (Å²) in [6.07, 6.45) is 2.92. The highest BCUT2D eigenvalue weighted by atomic mass is 127. The molecule has 0 unspecified atom stereocenters. The van der Waals surface area contributed by atoms with E-state index in [4.69, 9.17) is 0 Å². The van der Waals surface area contributed by atoms with Gasteiger partial charge in [0.05, 0.1) is 0 Å². The van der Waals surface area contributed by atoms with Gasteiger partial charge in [0.2, 0.25) is 0 Å². The Morgan fingerprint density at radius 1 is 1.36 bits per heavy atom. The summed E-state index contributed by atoms with van der Waals surface area (Å²) in [5.41, 5.74) is 1.43. The summed E-state index contributed by atoms with van der Waals surface area (Å²) in [6, 6.07) is 8.61. The monoisotopic (exact) mass is 408 g/mol. The molecule has 116 valence electrons. The topological polar surface area (TPSA) is 33.2 Å². The lowest BCUT2D eigenvalue weighted by Crippen LogP contribution is -2.22. The fraction of sp³-hybridized carbons (Fsp3) is 0.444. The molecule has 1 atom stereocenters. The van der Waals surface area contributed by atoms with Crippen LogP contribution in [0.1, 0.15) is 32.8 Å². The third kappa shape index (κ3) is 2.98. The van der Waals surface area contributed by atoms with Gasteiger partial charge in [-0.05, 0) is 51.4 Å². The first-order chi connectivity index (χ1) is 10.4. The first-order valence-electron chi connectivity index (χ1n) is 7.70. The second-order valence-corrected chi connectivity index (χ2v) is 8.12. The van der Waals surface area contributed by atoms with Crippen molar-refractivity contribution in [1.82, 2.24) is 4.98 Å². The van der Waals surface area contributed by atoms with Gasteiger partial charge in [-0.15, -0.1) is 0 Å². The Morgan fingerprint density at radius 2 is 2.14 bits per heavy atom. The maximum Gasteiger partial charge on any atom is 0.197 e. The van der Waals surface area contributed by atoms with Crippen LogP contribution in [0.3, 0.4) is 0 Å². The van der Waals surface area contributed by atoms with E-state index >= 15 is 0 Å². The molecule has 1 aromatic heterocycles. The third-order valence-corrected chi connectivity index (χ3v) is 5.27. The highest BCUT2D eigenvalue weighted by Gasteiger charge is 2.27. The summed E-state index contributed by atoms with van der Waals surface area (Å²) >= 11 is 1.92. The number of fused-ring (bicyclic) bond motifs is 1. The summed E-state index contributed by atoms with van der Waals surface area (Å²) in [4.78, 5) is 18.4. The van der Waals surface area contributed by atoms with Crippen LogP contribution in [0.25, 0.3) is 10.8 Å². The summed E-state index contributed by atoms with van der Waals surface area (Å²) in [5.74, 6) is 1.14. The number of anilines is 1. The van der Waals surface area contributed by atoms with E-state index in [0.29, 0.717) is 0 Å². The van der Waals surface area contributed by atoms with Gasteiger partial charge in [-0.3, -0.25) is 4.79 Å². The molecule has 0 aliphatic carbocycles.